The van der Waals surface area contributed by atoms with E-state index in [-0.39, 0.29) is 23.9 Å². The highest BCUT2D eigenvalue weighted by atomic mass is 16.5. The van der Waals surface area contributed by atoms with Gasteiger partial charge in [-0.25, -0.2) is 9.48 Å². The summed E-state index contributed by atoms with van der Waals surface area (Å²) in [7, 11) is 7.13. The number of carbonyl (C=O) groups excluding carboxylic acids is 2. The number of nitrogens with zero attached hydrogens (tertiary/aromatic N) is 4. The van der Waals surface area contributed by atoms with Gasteiger partial charge >= 0.3 is 5.97 Å². The number of amides is 2. The molecule has 12 heteroatoms. The number of hydrogen-bond acceptors (Lipinski definition) is 8. The summed E-state index contributed by atoms with van der Waals surface area (Å²) in [5.41, 5.74) is 7.77. The Morgan fingerprint density at radius 2 is 1.75 bits per heavy atom. The average Bonchev–Trinajstić information content (AvgIpc) is 3.57. The maximum Gasteiger partial charge on any atom is 0.333 e. The second-order valence-corrected chi connectivity index (χ2v) is 14.2. The molecule has 1 aliphatic carbocycles. The molecule has 4 rings (SSSR count). The van der Waals surface area contributed by atoms with Crippen LogP contribution >= 0.6 is 0 Å². The maximum atomic E-state index is 14.1. The summed E-state index contributed by atoms with van der Waals surface area (Å²) in [5, 5.41) is 18.1. The topological polar surface area (TPSA) is 152 Å². The van der Waals surface area contributed by atoms with E-state index in [4.69, 9.17) is 20.3 Å². The Bertz CT molecular complexity index is 1730. The van der Waals surface area contributed by atoms with E-state index >= 15 is 0 Å². The molecule has 3 aromatic rings. The van der Waals surface area contributed by atoms with Gasteiger partial charge < -0.3 is 35.4 Å². The summed E-state index contributed by atoms with van der Waals surface area (Å²) in [6.07, 6.45) is 3.84. The minimum Gasteiger partial charge on any atom is -0.496 e. The Labute approximate surface area is 307 Å². The molecule has 1 fully saturated rings. The number of rotatable bonds is 17. The molecule has 1 aliphatic rings. The number of methoxy groups -OCH3 is 2. The molecule has 1 aromatic heterocycles. The quantitative estimate of drug-likeness (QED) is 0.149. The third-order valence-electron chi connectivity index (χ3n) is 10.0. The van der Waals surface area contributed by atoms with E-state index in [1.165, 1.54) is 0 Å². The van der Waals surface area contributed by atoms with Crippen molar-refractivity contribution in [1.29, 1.82) is 0 Å². The van der Waals surface area contributed by atoms with Gasteiger partial charge in [0, 0.05) is 18.7 Å². The molecule has 1 saturated carbocycles. The number of hydrogen-bond donors (Lipinski definition) is 3. The van der Waals surface area contributed by atoms with E-state index in [1.807, 2.05) is 45.0 Å². The molecule has 52 heavy (non-hydrogen) atoms. The Morgan fingerprint density at radius 3 is 2.31 bits per heavy atom. The fraction of sp³-hybridized carbons (Fsp3) is 0.500. The van der Waals surface area contributed by atoms with Crippen molar-refractivity contribution in [3.8, 4) is 28.4 Å². The number of nitrogens with two attached hydrogens (primary N) is 1. The first-order chi connectivity index (χ1) is 24.8. The van der Waals surface area contributed by atoms with Crippen molar-refractivity contribution in [2.45, 2.75) is 70.8 Å². The summed E-state index contributed by atoms with van der Waals surface area (Å²) in [5.74, 6) is -0.607. The van der Waals surface area contributed by atoms with Gasteiger partial charge in [-0.1, -0.05) is 39.8 Å². The van der Waals surface area contributed by atoms with Crippen LogP contribution in [0, 0.1) is 5.92 Å². The molecular weight excluding hydrogens is 660 g/mol. The molecule has 2 aromatic carbocycles. The van der Waals surface area contributed by atoms with Crippen LogP contribution in [0.4, 0.5) is 0 Å². The third-order valence-corrected chi connectivity index (χ3v) is 10.0. The van der Waals surface area contributed by atoms with Crippen molar-refractivity contribution in [3.63, 3.8) is 0 Å². The lowest BCUT2D eigenvalue weighted by molar-refractivity contribution is -0.143. The fourth-order valence-electron chi connectivity index (χ4n) is 6.95. The van der Waals surface area contributed by atoms with Crippen LogP contribution in [-0.4, -0.2) is 103 Å². The van der Waals surface area contributed by atoms with E-state index in [0.29, 0.717) is 84.4 Å². The first kappa shape index (κ1) is 40.1. The van der Waals surface area contributed by atoms with E-state index in [0.717, 1.165) is 24.9 Å². The molecule has 2 unspecified atom stereocenters. The molecule has 2 atom stereocenters. The van der Waals surface area contributed by atoms with Gasteiger partial charge in [-0.05, 0) is 119 Å². The Kier molecular flexibility index (Phi) is 13.6. The molecular formula is C40H56N6O6. The van der Waals surface area contributed by atoms with E-state index in [2.05, 4.69) is 23.7 Å². The molecule has 1 heterocycles. The molecule has 0 spiro atoms. The Morgan fingerprint density at radius 1 is 1.08 bits per heavy atom. The zero-order valence-electron chi connectivity index (χ0n) is 31.8. The third kappa shape index (κ3) is 8.67. The Balaban J connectivity index is 1.85. The van der Waals surface area contributed by atoms with Crippen LogP contribution in [0.5, 0.6) is 11.5 Å². The van der Waals surface area contributed by atoms with Crippen LogP contribution in [0.25, 0.3) is 16.9 Å². The van der Waals surface area contributed by atoms with Gasteiger partial charge in [0.05, 0.1) is 31.2 Å². The van der Waals surface area contributed by atoms with Crippen LogP contribution in [0.3, 0.4) is 0 Å². The summed E-state index contributed by atoms with van der Waals surface area (Å²) >= 11 is 0. The smallest absolute Gasteiger partial charge is 0.333 e. The van der Waals surface area contributed by atoms with Gasteiger partial charge in [0.1, 0.15) is 11.5 Å². The number of aliphatic carboxylic acids is 1. The summed E-state index contributed by atoms with van der Waals surface area (Å²) in [4.78, 5) is 44.8. The number of carboxylic acid groups (broad SMARTS) is 1. The zero-order chi connectivity index (χ0) is 38.2. The Hall–Kier alpha value is -4.68. The van der Waals surface area contributed by atoms with Crippen molar-refractivity contribution in [3.05, 3.63) is 71.4 Å². The predicted octanol–water partition coefficient (Wildman–Crippen LogP) is 5.74. The molecule has 0 bridgehead atoms. The van der Waals surface area contributed by atoms with Crippen molar-refractivity contribution in [1.82, 2.24) is 24.9 Å². The number of carbonyl (C=O) groups is 3. The van der Waals surface area contributed by atoms with Crippen LogP contribution in [-0.2, 0) is 4.79 Å². The molecule has 0 saturated heterocycles. The van der Waals surface area contributed by atoms with Gasteiger partial charge in [0.2, 0.25) is 0 Å². The lowest BCUT2D eigenvalue weighted by atomic mass is 9.72. The van der Waals surface area contributed by atoms with Gasteiger partial charge in [-0.15, -0.1) is 0 Å². The van der Waals surface area contributed by atoms with Crippen molar-refractivity contribution < 1.29 is 29.0 Å². The van der Waals surface area contributed by atoms with Gasteiger partial charge in [0.15, 0.2) is 11.2 Å². The second kappa shape index (κ2) is 17.7. The fourth-order valence-corrected chi connectivity index (χ4v) is 6.95. The first-order valence-corrected chi connectivity index (χ1v) is 18.2. The summed E-state index contributed by atoms with van der Waals surface area (Å²) < 4.78 is 13.2. The van der Waals surface area contributed by atoms with Crippen LogP contribution in [0.2, 0.25) is 0 Å². The van der Waals surface area contributed by atoms with E-state index < -0.39 is 17.4 Å². The second-order valence-electron chi connectivity index (χ2n) is 14.2. The van der Waals surface area contributed by atoms with Crippen molar-refractivity contribution in [2.75, 3.05) is 54.5 Å². The molecule has 282 valence electrons. The monoisotopic (exact) mass is 716 g/mol. The predicted molar refractivity (Wildman–Crippen MR) is 204 cm³/mol. The number of carboxylic acids is 1. The standard InChI is InChI=1S/C40H56N6O6/c1-9-28-17-18-40(39(49)50,27(4)23-28)42-37(47)31-25-33(36-34(51-7)13-10-14-35(36)52-8)46(43-31)32-16-15-29(24-30(32)26(2)3)38(48)45(21-11-19-41)22-12-20-44(5)6/h10,13-16,24-26,28H,4,9,11-12,17-23,41H2,1-3,5-8H3,(H,42,47)(H,49,50). The van der Waals surface area contributed by atoms with Crippen LogP contribution in [0.1, 0.15) is 91.6 Å². The normalized spacial score (nSPS) is 17.3. The highest BCUT2D eigenvalue weighted by Gasteiger charge is 2.46. The van der Waals surface area contributed by atoms with E-state index in [1.54, 1.807) is 49.2 Å². The van der Waals surface area contributed by atoms with Gasteiger partial charge in [-0.3, -0.25) is 9.59 Å². The van der Waals surface area contributed by atoms with Crippen molar-refractivity contribution in [2.24, 2.45) is 11.7 Å². The van der Waals surface area contributed by atoms with Crippen LogP contribution < -0.4 is 20.5 Å². The largest absolute Gasteiger partial charge is 0.496 e. The minimum atomic E-state index is -1.61. The van der Waals surface area contributed by atoms with Crippen LogP contribution in [0.15, 0.2) is 54.6 Å². The van der Waals surface area contributed by atoms with Gasteiger partial charge in [0.25, 0.3) is 11.8 Å². The molecule has 12 nitrogen and oxygen atoms in total. The number of nitrogens with one attached hydrogen (secondary N) is 1. The highest BCUT2D eigenvalue weighted by Crippen LogP contribution is 2.41. The lowest BCUT2D eigenvalue weighted by Crippen LogP contribution is -2.57. The van der Waals surface area contributed by atoms with E-state index in [9.17, 15) is 19.5 Å². The molecule has 0 aliphatic heterocycles. The minimum absolute atomic E-state index is 0.0118. The SMILES string of the molecule is C=C1CC(CC)CCC1(NC(=O)c1cc(-c2c(OC)cccc2OC)n(-c2ccc(C(=O)N(CCCN)CCCN(C)C)cc2C(C)C)n1)C(=O)O. The maximum absolute atomic E-state index is 14.1. The summed E-state index contributed by atoms with van der Waals surface area (Å²) in [6.45, 7) is 12.8. The zero-order valence-corrected chi connectivity index (χ0v) is 31.8. The van der Waals surface area contributed by atoms with Crippen molar-refractivity contribution >= 4 is 17.8 Å². The first-order valence-electron chi connectivity index (χ1n) is 18.2. The molecule has 4 N–H and O–H groups in total. The lowest BCUT2D eigenvalue weighted by Gasteiger charge is -2.39. The average molecular weight is 717 g/mol. The molecule has 0 radical (unpaired) electrons. The number of benzene rings is 2. The number of aromatic nitrogens is 2. The molecule has 2 amide bonds. The summed E-state index contributed by atoms with van der Waals surface area (Å²) in [6, 6.07) is 12.5. The number of ether oxygens (including phenoxy) is 2. The van der Waals surface area contributed by atoms with Gasteiger partial charge in [-0.2, -0.15) is 5.10 Å². The highest BCUT2D eigenvalue weighted by molar-refractivity contribution is 5.99.